The van der Waals surface area contributed by atoms with Gasteiger partial charge in [0.05, 0.1) is 17.0 Å². The third-order valence-corrected chi connectivity index (χ3v) is 7.73. The van der Waals surface area contributed by atoms with Crippen molar-refractivity contribution >= 4 is 27.5 Å². The van der Waals surface area contributed by atoms with Crippen LogP contribution in [0.3, 0.4) is 0 Å². The van der Waals surface area contributed by atoms with Crippen LogP contribution in [0, 0.1) is 12.7 Å². The van der Waals surface area contributed by atoms with Crippen LogP contribution in [-0.2, 0) is 26.0 Å². The number of ether oxygens (including phenoxy) is 1. The Morgan fingerprint density at radius 2 is 1.81 bits per heavy atom. The van der Waals surface area contributed by atoms with Gasteiger partial charge in [-0.3, -0.25) is 9.59 Å². The van der Waals surface area contributed by atoms with Crippen molar-refractivity contribution in [3.05, 3.63) is 53.3 Å². The average Bonchev–Trinajstić information content (AvgIpc) is 2.76. The summed E-state index contributed by atoms with van der Waals surface area (Å²) in [6.45, 7) is 4.14. The molecule has 2 aromatic carbocycles. The third kappa shape index (κ3) is 4.33. The molecule has 2 aliphatic rings. The molecule has 1 fully saturated rings. The fourth-order valence-corrected chi connectivity index (χ4v) is 5.47. The number of aryl methyl sites for hydroxylation is 1. The van der Waals surface area contributed by atoms with Crippen LogP contribution in [0.1, 0.15) is 18.1 Å². The first-order chi connectivity index (χ1) is 15.1. The molecule has 2 heterocycles. The minimum Gasteiger partial charge on any atom is -0.479 e. The highest BCUT2D eigenvalue weighted by Gasteiger charge is 2.33. The van der Waals surface area contributed by atoms with Crippen molar-refractivity contribution in [3.63, 3.8) is 0 Å². The first-order valence-electron chi connectivity index (χ1n) is 10.3. The molecule has 2 aromatic rings. The third-order valence-electron chi connectivity index (χ3n) is 5.69. The summed E-state index contributed by atoms with van der Waals surface area (Å²) < 4.78 is 46.5. The number of fused-ring (bicyclic) bond motifs is 1. The van der Waals surface area contributed by atoms with Crippen molar-refractivity contribution in [3.8, 4) is 5.75 Å². The summed E-state index contributed by atoms with van der Waals surface area (Å²) in [7, 11) is -3.81. The van der Waals surface area contributed by atoms with Crippen molar-refractivity contribution in [1.82, 2.24) is 9.21 Å². The van der Waals surface area contributed by atoms with E-state index in [1.807, 2.05) is 0 Å². The lowest BCUT2D eigenvalue weighted by Crippen LogP contribution is -2.51. The summed E-state index contributed by atoms with van der Waals surface area (Å²) in [6, 6.07) is 8.79. The summed E-state index contributed by atoms with van der Waals surface area (Å²) in [5, 5.41) is 2.71. The van der Waals surface area contributed by atoms with E-state index in [1.165, 1.54) is 22.5 Å². The molecule has 8 nitrogen and oxygen atoms in total. The highest BCUT2D eigenvalue weighted by Crippen LogP contribution is 2.35. The molecule has 0 bridgehead atoms. The normalized spacial score (nSPS) is 19.2. The Balaban J connectivity index is 1.45. The van der Waals surface area contributed by atoms with E-state index in [0.29, 0.717) is 22.6 Å². The largest absolute Gasteiger partial charge is 0.479 e. The monoisotopic (exact) mass is 461 g/mol. The predicted octanol–water partition coefficient (Wildman–Crippen LogP) is 1.93. The molecule has 1 atom stereocenters. The van der Waals surface area contributed by atoms with Crippen LogP contribution in [-0.4, -0.2) is 61.7 Å². The minimum atomic E-state index is -3.81. The number of amides is 2. The lowest BCUT2D eigenvalue weighted by Gasteiger charge is -2.34. The number of sulfonamides is 1. The van der Waals surface area contributed by atoms with Crippen molar-refractivity contribution in [2.24, 2.45) is 0 Å². The molecule has 0 spiro atoms. The summed E-state index contributed by atoms with van der Waals surface area (Å²) in [5.74, 6) is -0.459. The number of carbonyl (C=O) groups is 2. The van der Waals surface area contributed by atoms with Gasteiger partial charge < -0.3 is 15.0 Å². The highest BCUT2D eigenvalue weighted by molar-refractivity contribution is 7.89. The topological polar surface area (TPSA) is 96.0 Å². The Morgan fingerprint density at radius 1 is 1.16 bits per heavy atom. The number of hydrogen-bond acceptors (Lipinski definition) is 5. The number of nitrogens with one attached hydrogen (secondary N) is 1. The van der Waals surface area contributed by atoms with Gasteiger partial charge in [0, 0.05) is 32.2 Å². The molecular formula is C22H24FN3O5S. The van der Waals surface area contributed by atoms with Gasteiger partial charge in [-0.05, 0) is 43.2 Å². The SMILES string of the molecule is Cc1cc2c(cc1S(=O)(=O)N1CCN(C(=O)Cc3ccc(F)cc3)CC1)O[C@H](C)C(=O)N2. The van der Waals surface area contributed by atoms with Crippen LogP contribution in [0.2, 0.25) is 0 Å². The lowest BCUT2D eigenvalue weighted by molar-refractivity contribution is -0.131. The van der Waals surface area contributed by atoms with Crippen LogP contribution in [0.25, 0.3) is 0 Å². The Morgan fingerprint density at radius 3 is 2.47 bits per heavy atom. The summed E-state index contributed by atoms with van der Waals surface area (Å²) in [6.07, 6.45) is -0.575. The van der Waals surface area contributed by atoms with E-state index in [9.17, 15) is 22.4 Å². The molecule has 32 heavy (non-hydrogen) atoms. The van der Waals surface area contributed by atoms with Crippen molar-refractivity contribution in [2.45, 2.75) is 31.3 Å². The van der Waals surface area contributed by atoms with Gasteiger partial charge in [0.2, 0.25) is 15.9 Å². The second-order valence-corrected chi connectivity index (χ2v) is 9.86. The fourth-order valence-electron chi connectivity index (χ4n) is 3.83. The van der Waals surface area contributed by atoms with Crippen molar-refractivity contribution in [1.29, 1.82) is 0 Å². The minimum absolute atomic E-state index is 0.116. The highest BCUT2D eigenvalue weighted by atomic mass is 32.2. The Kier molecular flexibility index (Phi) is 5.91. The van der Waals surface area contributed by atoms with Crippen molar-refractivity contribution < 1.29 is 27.1 Å². The molecule has 0 saturated carbocycles. The van der Waals surface area contributed by atoms with Gasteiger partial charge in [-0.2, -0.15) is 4.31 Å². The van der Waals surface area contributed by atoms with Gasteiger partial charge in [0.1, 0.15) is 11.6 Å². The second kappa shape index (κ2) is 8.51. The van der Waals surface area contributed by atoms with Crippen molar-refractivity contribution in [2.75, 3.05) is 31.5 Å². The molecule has 4 rings (SSSR count). The van der Waals surface area contributed by atoms with E-state index >= 15 is 0 Å². The summed E-state index contributed by atoms with van der Waals surface area (Å²) in [4.78, 5) is 26.1. The number of benzene rings is 2. The number of nitrogens with zero attached hydrogens (tertiary/aromatic N) is 2. The average molecular weight is 462 g/mol. The van der Waals surface area contributed by atoms with Crippen LogP contribution in [0.15, 0.2) is 41.3 Å². The van der Waals surface area contributed by atoms with E-state index in [-0.39, 0.29) is 55.1 Å². The molecule has 170 valence electrons. The number of carbonyl (C=O) groups excluding carboxylic acids is 2. The zero-order chi connectivity index (χ0) is 23.0. The molecule has 1 saturated heterocycles. The second-order valence-electron chi connectivity index (χ2n) is 7.95. The summed E-state index contributed by atoms with van der Waals surface area (Å²) in [5.41, 5.74) is 1.65. The van der Waals surface area contributed by atoms with Gasteiger partial charge in [-0.25, -0.2) is 12.8 Å². The molecule has 0 aliphatic carbocycles. The van der Waals surface area contributed by atoms with Crippen LogP contribution >= 0.6 is 0 Å². The van der Waals surface area contributed by atoms with E-state index in [4.69, 9.17) is 4.74 Å². The quantitative estimate of drug-likeness (QED) is 0.751. The van der Waals surface area contributed by atoms with E-state index < -0.39 is 16.1 Å². The molecule has 0 unspecified atom stereocenters. The molecule has 10 heteroatoms. The first kappa shape index (κ1) is 22.2. The standard InChI is InChI=1S/C22H24FN3O5S/c1-14-11-18-19(31-15(2)22(28)24-18)13-20(14)32(29,30)26-9-7-25(8-10-26)21(27)12-16-3-5-17(23)6-4-16/h3-6,11,13,15H,7-10,12H2,1-2H3,(H,24,28)/t15-/m1/s1. The molecule has 0 radical (unpaired) electrons. The maximum absolute atomic E-state index is 13.3. The summed E-state index contributed by atoms with van der Waals surface area (Å²) >= 11 is 0. The van der Waals surface area contributed by atoms with E-state index in [1.54, 1.807) is 36.9 Å². The molecular weight excluding hydrogens is 437 g/mol. The Bertz CT molecular complexity index is 1160. The number of rotatable bonds is 4. The van der Waals surface area contributed by atoms with Crippen LogP contribution < -0.4 is 10.1 Å². The van der Waals surface area contributed by atoms with Gasteiger partial charge >= 0.3 is 0 Å². The van der Waals surface area contributed by atoms with Crippen LogP contribution in [0.5, 0.6) is 5.75 Å². The lowest BCUT2D eigenvalue weighted by atomic mass is 10.1. The maximum atomic E-state index is 13.3. The molecule has 1 N–H and O–H groups in total. The number of anilines is 1. The smallest absolute Gasteiger partial charge is 0.265 e. The first-order valence-corrected chi connectivity index (χ1v) is 11.7. The molecule has 2 aliphatic heterocycles. The van der Waals surface area contributed by atoms with Gasteiger partial charge in [0.25, 0.3) is 5.91 Å². The number of piperazine rings is 1. The van der Waals surface area contributed by atoms with Gasteiger partial charge in [0.15, 0.2) is 6.10 Å². The Labute approximate surface area is 186 Å². The molecule has 0 aromatic heterocycles. The number of hydrogen-bond donors (Lipinski definition) is 1. The Hall–Kier alpha value is -2.98. The van der Waals surface area contributed by atoms with Crippen LogP contribution in [0.4, 0.5) is 10.1 Å². The van der Waals surface area contributed by atoms with E-state index in [2.05, 4.69) is 5.32 Å². The maximum Gasteiger partial charge on any atom is 0.265 e. The van der Waals surface area contributed by atoms with Gasteiger partial charge in [-0.15, -0.1) is 0 Å². The zero-order valence-electron chi connectivity index (χ0n) is 17.8. The zero-order valence-corrected chi connectivity index (χ0v) is 18.6. The van der Waals surface area contributed by atoms with Gasteiger partial charge in [-0.1, -0.05) is 12.1 Å². The predicted molar refractivity (Wildman–Crippen MR) is 115 cm³/mol. The number of halogens is 1. The molecule has 2 amide bonds. The van der Waals surface area contributed by atoms with E-state index in [0.717, 1.165) is 0 Å². The fraction of sp³-hybridized carbons (Fsp3) is 0.364.